The van der Waals surface area contributed by atoms with Crippen molar-refractivity contribution in [1.29, 1.82) is 0 Å². The molecular weight excluding hydrogens is 172 g/mol. The molecule has 0 saturated carbocycles. The van der Waals surface area contributed by atoms with Crippen molar-refractivity contribution in [2.75, 3.05) is 7.11 Å². The monoisotopic (exact) mass is 184 g/mol. The van der Waals surface area contributed by atoms with Gasteiger partial charge in [0.05, 0.1) is 0 Å². The highest BCUT2D eigenvalue weighted by atomic mass is 28.4. The number of rotatable bonds is 5. The number of hydrogen-bond donors (Lipinski definition) is 1. The van der Waals surface area contributed by atoms with Crippen molar-refractivity contribution in [2.24, 2.45) is 0 Å². The fourth-order valence-corrected chi connectivity index (χ4v) is 3.72. The molecule has 0 amide bonds. The van der Waals surface area contributed by atoms with Crippen LogP contribution in [-0.2, 0) is 12.7 Å². The Morgan fingerprint density at radius 3 is 2.56 bits per heavy atom. The summed E-state index contributed by atoms with van der Waals surface area (Å²) in [4.78, 5) is 8.38. The maximum atomic E-state index is 8.38. The van der Waals surface area contributed by atoms with Gasteiger partial charge in [-0.15, -0.1) is 0 Å². The third kappa shape index (κ3) is 6.37. The molecule has 0 spiro atoms. The molecule has 0 bridgehead atoms. The summed E-state index contributed by atoms with van der Waals surface area (Å²) in [7, 11) is -1.91. The Labute approximate surface area is 61.1 Å². The van der Waals surface area contributed by atoms with E-state index in [0.29, 0.717) is 0 Å². The van der Waals surface area contributed by atoms with Gasteiger partial charge in [-0.25, -0.2) is 0 Å². The lowest BCUT2D eigenvalue weighted by Crippen LogP contribution is -2.23. The quantitative estimate of drug-likeness (QED) is 0.480. The van der Waals surface area contributed by atoms with Crippen molar-refractivity contribution >= 4 is 29.3 Å². The van der Waals surface area contributed by atoms with Crippen molar-refractivity contribution in [2.45, 2.75) is 6.55 Å². The summed E-state index contributed by atoms with van der Waals surface area (Å²) in [5.74, 6) is 0. The first-order valence-electron chi connectivity index (χ1n) is 2.64. The van der Waals surface area contributed by atoms with Crippen LogP contribution in [0, 0.1) is 0 Å². The van der Waals surface area contributed by atoms with E-state index in [2.05, 4.69) is 0 Å². The lowest BCUT2D eigenvalue weighted by Gasteiger charge is -2.08. The first-order valence-corrected chi connectivity index (χ1v) is 7.10. The van der Waals surface area contributed by atoms with Gasteiger partial charge in [-0.2, -0.15) is 0 Å². The van der Waals surface area contributed by atoms with Crippen LogP contribution < -0.4 is 0 Å². The van der Waals surface area contributed by atoms with E-state index in [1.54, 1.807) is 7.11 Å². The molecule has 0 aromatic rings. The van der Waals surface area contributed by atoms with Crippen molar-refractivity contribution in [1.82, 2.24) is 0 Å². The van der Waals surface area contributed by atoms with Gasteiger partial charge in [-0.1, -0.05) is 0 Å². The first-order chi connectivity index (χ1) is 4.31. The molecule has 0 aliphatic carbocycles. The topological polar surface area (TPSA) is 47.9 Å². The Balaban J connectivity index is 2.95. The normalized spacial score (nSPS) is 16.3. The summed E-state index contributed by atoms with van der Waals surface area (Å²) < 4.78 is 14.8. The van der Waals surface area contributed by atoms with E-state index in [4.69, 9.17) is 17.5 Å². The van der Waals surface area contributed by atoms with Crippen LogP contribution in [-0.4, -0.2) is 41.2 Å². The second kappa shape index (κ2) is 6.61. The summed E-state index contributed by atoms with van der Waals surface area (Å²) >= 11 is 0. The molecule has 0 rings (SSSR count). The fraction of sp³-hybridized carbons (Fsp3) is 1.00. The van der Waals surface area contributed by atoms with Gasteiger partial charge in [-0.05, 0) is 6.55 Å². The summed E-state index contributed by atoms with van der Waals surface area (Å²) in [6.07, 6.45) is 0. The second-order valence-corrected chi connectivity index (χ2v) is 6.31. The Bertz CT molecular complexity index is 61.8. The minimum Gasteiger partial charge on any atom is -0.422 e. The predicted molar refractivity (Wildman–Crippen MR) is 41.5 cm³/mol. The summed E-state index contributed by atoms with van der Waals surface area (Å²) in [6, 6.07) is 0. The van der Waals surface area contributed by atoms with Crippen LogP contribution in [0.2, 0.25) is 6.55 Å². The van der Waals surface area contributed by atoms with Gasteiger partial charge in [0.25, 0.3) is 29.3 Å². The molecule has 0 aromatic heterocycles. The third-order valence-electron chi connectivity index (χ3n) is 0.730. The average molecular weight is 184 g/mol. The molecule has 4 nitrogen and oxygen atoms in total. The fourth-order valence-electron chi connectivity index (χ4n) is 0.317. The van der Waals surface area contributed by atoms with E-state index in [9.17, 15) is 0 Å². The molecule has 1 unspecified atom stereocenters. The van der Waals surface area contributed by atoms with Gasteiger partial charge in [0.2, 0.25) is 0 Å². The Morgan fingerprint density at radius 1 is 1.44 bits per heavy atom. The molecule has 0 aliphatic rings. The van der Waals surface area contributed by atoms with Crippen LogP contribution in [0.25, 0.3) is 0 Å². The van der Waals surface area contributed by atoms with Gasteiger partial charge < -0.3 is 17.5 Å². The van der Waals surface area contributed by atoms with Crippen molar-refractivity contribution in [3.8, 4) is 0 Å². The smallest absolute Gasteiger partial charge is 0.299 e. The Kier molecular flexibility index (Phi) is 6.97. The predicted octanol–water partition coefficient (Wildman–Crippen LogP) is -2.49. The van der Waals surface area contributed by atoms with Gasteiger partial charge in [0.1, 0.15) is 0 Å². The third-order valence-corrected chi connectivity index (χ3v) is 5.86. The molecule has 0 aromatic carbocycles. The standard InChI is InChI=1S/C2H12O4Si3/c1-4-8-6-9(2)5-7-3/h3,9H,7-8H2,1-2H3. The van der Waals surface area contributed by atoms with E-state index in [0.717, 1.165) is 0 Å². The molecule has 0 heterocycles. The van der Waals surface area contributed by atoms with E-state index in [1.165, 1.54) is 0 Å². The zero-order valence-electron chi connectivity index (χ0n) is 5.66. The van der Waals surface area contributed by atoms with E-state index in [1.807, 2.05) is 6.55 Å². The van der Waals surface area contributed by atoms with E-state index >= 15 is 0 Å². The van der Waals surface area contributed by atoms with Crippen molar-refractivity contribution in [3.05, 3.63) is 0 Å². The molecule has 1 atom stereocenters. The van der Waals surface area contributed by atoms with Crippen molar-refractivity contribution in [3.63, 3.8) is 0 Å². The van der Waals surface area contributed by atoms with Crippen LogP contribution in [0.15, 0.2) is 0 Å². The molecule has 0 radical (unpaired) electrons. The lowest BCUT2D eigenvalue weighted by molar-refractivity contribution is 0.332. The van der Waals surface area contributed by atoms with Gasteiger partial charge >= 0.3 is 0 Å². The van der Waals surface area contributed by atoms with Crippen molar-refractivity contribution < 1.29 is 17.5 Å². The van der Waals surface area contributed by atoms with Gasteiger partial charge in [-0.3, -0.25) is 0 Å². The van der Waals surface area contributed by atoms with Crippen LogP contribution in [0.4, 0.5) is 0 Å². The van der Waals surface area contributed by atoms with Crippen LogP contribution in [0.5, 0.6) is 0 Å². The highest BCUT2D eigenvalue weighted by Crippen LogP contribution is 1.83. The van der Waals surface area contributed by atoms with Crippen LogP contribution in [0.3, 0.4) is 0 Å². The molecule has 0 fully saturated rings. The Hall–Kier alpha value is 0.491. The van der Waals surface area contributed by atoms with Gasteiger partial charge in [0, 0.05) is 7.11 Å². The highest BCUT2D eigenvalue weighted by molar-refractivity contribution is 6.54. The lowest BCUT2D eigenvalue weighted by atomic mass is 11.8. The maximum absolute atomic E-state index is 8.38. The summed E-state index contributed by atoms with van der Waals surface area (Å²) in [5, 5.41) is 0. The highest BCUT2D eigenvalue weighted by Gasteiger charge is 2.02. The Morgan fingerprint density at radius 2 is 2.11 bits per heavy atom. The molecule has 56 valence electrons. The molecule has 7 heteroatoms. The minimum absolute atomic E-state index is 0.798. The number of hydrogen-bond acceptors (Lipinski definition) is 4. The SMILES string of the molecule is CO[SiH2]O[SiH](C)O[SiH2]O. The molecule has 9 heavy (non-hydrogen) atoms. The zero-order chi connectivity index (χ0) is 7.11. The molecule has 0 saturated heterocycles. The molecule has 0 aliphatic heterocycles. The van der Waals surface area contributed by atoms with E-state index in [-0.39, 0.29) is 0 Å². The molecule has 1 N–H and O–H groups in total. The average Bonchev–Trinajstić information content (AvgIpc) is 1.85. The summed E-state index contributed by atoms with van der Waals surface area (Å²) in [6.45, 7) is 1.88. The van der Waals surface area contributed by atoms with Crippen LogP contribution >= 0.6 is 0 Å². The van der Waals surface area contributed by atoms with E-state index < -0.39 is 29.3 Å². The largest absolute Gasteiger partial charge is 0.422 e. The molecular formula is C2H12O4Si3. The summed E-state index contributed by atoms with van der Waals surface area (Å²) in [5.41, 5.74) is 0. The first kappa shape index (κ1) is 9.49. The second-order valence-electron chi connectivity index (χ2n) is 1.44. The van der Waals surface area contributed by atoms with Gasteiger partial charge in [0.15, 0.2) is 0 Å². The minimum atomic E-state index is -1.47. The zero-order valence-corrected chi connectivity index (χ0v) is 9.65. The maximum Gasteiger partial charge on any atom is 0.299 e. The van der Waals surface area contributed by atoms with Crippen LogP contribution in [0.1, 0.15) is 0 Å².